The largest absolute Gasteiger partial charge is 0.435 e. The van der Waals surface area contributed by atoms with Gasteiger partial charge in [-0.05, 0) is 50.6 Å². The van der Waals surface area contributed by atoms with Crippen molar-refractivity contribution in [2.24, 2.45) is 0 Å². The van der Waals surface area contributed by atoms with Gasteiger partial charge in [0.2, 0.25) is 0 Å². The van der Waals surface area contributed by atoms with Gasteiger partial charge >= 0.3 is 6.61 Å². The minimum atomic E-state index is -3.29. The first-order valence-electron chi connectivity index (χ1n) is 9.73. The lowest BCUT2D eigenvalue weighted by atomic mass is 10.0. The van der Waals surface area contributed by atoms with Gasteiger partial charge in [-0.15, -0.1) is 10.2 Å². The number of rotatable bonds is 8. The van der Waals surface area contributed by atoms with Crippen LogP contribution in [0.15, 0.2) is 52.4 Å². The zero-order valence-corrected chi connectivity index (χ0v) is 18.7. The summed E-state index contributed by atoms with van der Waals surface area (Å²) >= 11 is 0.985. The number of carbonyl (C=O) groups is 1. The highest BCUT2D eigenvalue weighted by Gasteiger charge is 2.34. The van der Waals surface area contributed by atoms with Crippen molar-refractivity contribution in [1.82, 2.24) is 20.5 Å². The summed E-state index contributed by atoms with van der Waals surface area (Å²) < 4.78 is 58.4. The van der Waals surface area contributed by atoms with Gasteiger partial charge in [-0.25, -0.2) is 4.98 Å². The van der Waals surface area contributed by atoms with Crippen LogP contribution in [0.25, 0.3) is 0 Å². The molecule has 174 valence electrons. The summed E-state index contributed by atoms with van der Waals surface area (Å²) in [6.07, 6.45) is 0. The number of hydrogen-bond acceptors (Lipinski definition) is 6. The van der Waals surface area contributed by atoms with Crippen molar-refractivity contribution in [3.05, 3.63) is 70.7 Å². The summed E-state index contributed by atoms with van der Waals surface area (Å²) in [6, 6.07) is 10.2. The summed E-state index contributed by atoms with van der Waals surface area (Å²) in [7, 11) is 0. The average molecular weight is 480 g/mol. The Morgan fingerprint density at radius 1 is 1.09 bits per heavy atom. The van der Waals surface area contributed by atoms with Gasteiger partial charge in [-0.3, -0.25) is 4.79 Å². The van der Waals surface area contributed by atoms with Gasteiger partial charge in [0.05, 0.1) is 6.54 Å². The number of benzene rings is 2. The number of amides is 1. The predicted molar refractivity (Wildman–Crippen MR) is 114 cm³/mol. The van der Waals surface area contributed by atoms with E-state index < -0.39 is 25.0 Å². The fourth-order valence-electron chi connectivity index (χ4n) is 3.01. The van der Waals surface area contributed by atoms with Crippen LogP contribution in [0.5, 0.6) is 5.75 Å². The van der Waals surface area contributed by atoms with Crippen LogP contribution in [0.1, 0.15) is 33.0 Å². The fraction of sp³-hybridized carbons (Fsp3) is 0.273. The van der Waals surface area contributed by atoms with Crippen LogP contribution in [0.2, 0.25) is 0 Å². The molecule has 1 aromatic heterocycles. The smallest absolute Gasteiger partial charge is 0.387 e. The van der Waals surface area contributed by atoms with Crippen molar-refractivity contribution >= 4 is 17.7 Å². The van der Waals surface area contributed by atoms with E-state index in [1.807, 2.05) is 0 Å². The summed E-state index contributed by atoms with van der Waals surface area (Å²) in [5, 5.41) is 10.1. The molecular weight excluding hydrogens is 460 g/mol. The summed E-state index contributed by atoms with van der Waals surface area (Å²) in [5.74, 6) is -3.98. The first-order valence-corrected chi connectivity index (χ1v) is 10.5. The van der Waals surface area contributed by atoms with E-state index in [9.17, 15) is 22.4 Å². The first-order chi connectivity index (χ1) is 15.5. The Balaban J connectivity index is 1.76. The SMILES string of the molecule is Cc1ccc(C(F)(F)CNC(=O)c2nc(C)nnc2Sc2ccc(OC(F)F)cc2)c(C)c1. The first kappa shape index (κ1) is 24.4. The molecule has 0 spiro atoms. The normalized spacial score (nSPS) is 11.5. The highest BCUT2D eigenvalue weighted by atomic mass is 32.2. The molecule has 0 saturated heterocycles. The zero-order valence-electron chi connectivity index (χ0n) is 17.9. The minimum absolute atomic E-state index is 0.0333. The number of aromatic nitrogens is 3. The van der Waals surface area contributed by atoms with Crippen LogP contribution in [0, 0.1) is 20.8 Å². The van der Waals surface area contributed by atoms with Gasteiger partial charge in [-0.2, -0.15) is 17.6 Å². The van der Waals surface area contributed by atoms with Crippen LogP contribution in [0.4, 0.5) is 17.6 Å². The second-order valence-corrected chi connectivity index (χ2v) is 8.23. The van der Waals surface area contributed by atoms with E-state index in [0.717, 1.165) is 17.3 Å². The molecule has 6 nitrogen and oxygen atoms in total. The maximum absolute atomic E-state index is 14.7. The van der Waals surface area contributed by atoms with Crippen molar-refractivity contribution in [3.63, 3.8) is 0 Å². The molecule has 33 heavy (non-hydrogen) atoms. The van der Waals surface area contributed by atoms with Crippen molar-refractivity contribution in [1.29, 1.82) is 0 Å². The highest BCUT2D eigenvalue weighted by Crippen LogP contribution is 2.32. The molecule has 0 aliphatic carbocycles. The molecule has 0 atom stereocenters. The van der Waals surface area contributed by atoms with Crippen LogP contribution in [0.3, 0.4) is 0 Å². The predicted octanol–water partition coefficient (Wildman–Crippen LogP) is 5.07. The van der Waals surface area contributed by atoms with Gasteiger partial charge in [0.25, 0.3) is 11.8 Å². The van der Waals surface area contributed by atoms with E-state index in [1.165, 1.54) is 37.3 Å². The molecule has 0 bridgehead atoms. The third-order valence-corrected chi connectivity index (χ3v) is 5.46. The van der Waals surface area contributed by atoms with Crippen molar-refractivity contribution in [2.45, 2.75) is 43.2 Å². The Labute approximate surface area is 191 Å². The van der Waals surface area contributed by atoms with Crippen molar-refractivity contribution < 1.29 is 27.1 Å². The Morgan fingerprint density at radius 3 is 2.42 bits per heavy atom. The number of nitrogens with zero attached hydrogens (tertiary/aromatic N) is 3. The standard InChI is InChI=1S/C22H20F4N4O2S/c1-12-4-9-17(13(2)10-12)22(25,26)11-27-19(31)18-20(30-29-14(3)28-18)33-16-7-5-15(6-8-16)32-21(23)24/h4-10,21H,11H2,1-3H3,(H,27,31). The molecule has 11 heteroatoms. The topological polar surface area (TPSA) is 77.0 Å². The number of carbonyl (C=O) groups excluding carboxylic acids is 1. The molecule has 0 unspecified atom stereocenters. The van der Waals surface area contributed by atoms with Crippen molar-refractivity contribution in [3.8, 4) is 5.75 Å². The number of ether oxygens (including phenoxy) is 1. The Bertz CT molecular complexity index is 1140. The van der Waals surface area contributed by atoms with E-state index in [2.05, 4.69) is 25.2 Å². The molecule has 0 aliphatic rings. The molecular formula is C22H20F4N4O2S. The monoisotopic (exact) mass is 480 g/mol. The molecule has 2 aromatic carbocycles. The number of halogens is 4. The van der Waals surface area contributed by atoms with Gasteiger partial charge in [0, 0.05) is 10.5 Å². The van der Waals surface area contributed by atoms with Crippen LogP contribution < -0.4 is 10.1 Å². The lowest BCUT2D eigenvalue weighted by Gasteiger charge is -2.20. The molecule has 1 heterocycles. The zero-order chi connectivity index (χ0) is 24.2. The molecule has 0 radical (unpaired) electrons. The maximum Gasteiger partial charge on any atom is 0.387 e. The fourth-order valence-corrected chi connectivity index (χ4v) is 3.82. The molecule has 0 fully saturated rings. The van der Waals surface area contributed by atoms with Gasteiger partial charge in [0.15, 0.2) is 10.7 Å². The molecule has 3 rings (SSSR count). The number of alkyl halides is 4. The average Bonchev–Trinajstić information content (AvgIpc) is 2.74. The number of nitrogens with one attached hydrogen (secondary N) is 1. The second-order valence-electron chi connectivity index (χ2n) is 7.17. The van der Waals surface area contributed by atoms with Gasteiger partial charge in [0.1, 0.15) is 11.6 Å². The van der Waals surface area contributed by atoms with E-state index in [0.29, 0.717) is 10.5 Å². The van der Waals surface area contributed by atoms with E-state index in [4.69, 9.17) is 0 Å². The Morgan fingerprint density at radius 2 is 1.79 bits per heavy atom. The molecule has 0 saturated carbocycles. The minimum Gasteiger partial charge on any atom is -0.435 e. The van der Waals surface area contributed by atoms with Crippen molar-refractivity contribution in [2.75, 3.05) is 6.54 Å². The number of hydrogen-bond donors (Lipinski definition) is 1. The van der Waals surface area contributed by atoms with Gasteiger partial charge < -0.3 is 10.1 Å². The van der Waals surface area contributed by atoms with Crippen LogP contribution in [-0.2, 0) is 5.92 Å². The molecule has 3 aromatic rings. The Kier molecular flexibility index (Phi) is 7.52. The summed E-state index contributed by atoms with van der Waals surface area (Å²) in [5.41, 5.74) is 0.932. The lowest BCUT2D eigenvalue weighted by Crippen LogP contribution is -2.36. The van der Waals surface area contributed by atoms with Crippen LogP contribution in [-0.4, -0.2) is 34.2 Å². The second kappa shape index (κ2) is 10.2. The Hall–Kier alpha value is -3.21. The van der Waals surface area contributed by atoms with Crippen LogP contribution >= 0.6 is 11.8 Å². The molecule has 1 amide bonds. The quantitative estimate of drug-likeness (QED) is 0.454. The van der Waals surface area contributed by atoms with E-state index in [1.54, 1.807) is 26.0 Å². The maximum atomic E-state index is 14.7. The third-order valence-electron chi connectivity index (χ3n) is 4.49. The highest BCUT2D eigenvalue weighted by molar-refractivity contribution is 7.99. The van der Waals surface area contributed by atoms with E-state index in [-0.39, 0.29) is 27.9 Å². The molecule has 0 aliphatic heterocycles. The summed E-state index contributed by atoms with van der Waals surface area (Å²) in [6.45, 7) is 1.02. The lowest BCUT2D eigenvalue weighted by molar-refractivity contribution is -0.0498. The summed E-state index contributed by atoms with van der Waals surface area (Å²) in [4.78, 5) is 17.3. The molecule has 1 N–H and O–H groups in total. The number of aryl methyl sites for hydroxylation is 3. The van der Waals surface area contributed by atoms with E-state index >= 15 is 0 Å². The van der Waals surface area contributed by atoms with Gasteiger partial charge in [-0.1, -0.05) is 35.5 Å². The third kappa shape index (κ3) is 6.41.